The first-order chi connectivity index (χ1) is 15.0. The number of ether oxygens (including phenoxy) is 1. The first kappa shape index (κ1) is 22.9. The van der Waals surface area contributed by atoms with E-state index in [1.807, 2.05) is 55.6 Å². The maximum absolute atomic E-state index is 12.6. The van der Waals surface area contributed by atoms with Gasteiger partial charge in [-0.15, -0.1) is 0 Å². The van der Waals surface area contributed by atoms with E-state index < -0.39 is 0 Å². The Morgan fingerprint density at radius 2 is 1.87 bits per heavy atom. The quantitative estimate of drug-likeness (QED) is 0.319. The summed E-state index contributed by atoms with van der Waals surface area (Å²) in [6.07, 6.45) is 5.11. The van der Waals surface area contributed by atoms with Gasteiger partial charge in [-0.05, 0) is 43.5 Å². The minimum Gasteiger partial charge on any atom is -0.490 e. The summed E-state index contributed by atoms with van der Waals surface area (Å²) < 4.78 is 6.20. The molecule has 0 saturated carbocycles. The van der Waals surface area contributed by atoms with E-state index in [9.17, 15) is 4.79 Å². The lowest BCUT2D eigenvalue weighted by atomic mass is 10.0. The molecule has 0 spiro atoms. The first-order valence-electron chi connectivity index (χ1n) is 10.9. The van der Waals surface area contributed by atoms with Crippen molar-refractivity contribution in [2.24, 2.45) is 0 Å². The second kappa shape index (κ2) is 11.0. The number of carbonyl (C=O) groups excluding carboxylic acids is 1. The summed E-state index contributed by atoms with van der Waals surface area (Å²) in [5.41, 5.74) is 4.48. The maximum atomic E-state index is 12.6. The van der Waals surface area contributed by atoms with Crippen LogP contribution < -0.4 is 10.1 Å². The number of nitrogens with zero attached hydrogens (tertiary/aromatic N) is 1. The normalized spacial score (nSPS) is 11.0. The number of H-pyrrole nitrogens is 1. The molecule has 0 saturated heterocycles. The number of halogens is 1. The molecule has 0 aliphatic heterocycles. The molecule has 3 rings (SSSR count). The number of carbonyl (C=O) groups is 1. The van der Waals surface area contributed by atoms with Gasteiger partial charge in [0.15, 0.2) is 5.78 Å². The average Bonchev–Trinajstić information content (AvgIpc) is 3.25. The Morgan fingerprint density at radius 3 is 2.55 bits per heavy atom. The highest BCUT2D eigenvalue weighted by atomic mass is 35.5. The molecule has 0 aliphatic carbocycles. The van der Waals surface area contributed by atoms with Gasteiger partial charge in [-0.3, -0.25) is 9.89 Å². The topological polar surface area (TPSA) is 67.0 Å². The lowest BCUT2D eigenvalue weighted by Gasteiger charge is -2.19. The predicted molar refractivity (Wildman–Crippen MR) is 127 cm³/mol. The van der Waals surface area contributed by atoms with E-state index in [1.165, 1.54) is 0 Å². The van der Waals surface area contributed by atoms with Crippen LogP contribution in [0.2, 0.25) is 5.02 Å². The summed E-state index contributed by atoms with van der Waals surface area (Å²) in [6.45, 7) is 6.79. The van der Waals surface area contributed by atoms with E-state index >= 15 is 0 Å². The van der Waals surface area contributed by atoms with Gasteiger partial charge < -0.3 is 10.1 Å². The van der Waals surface area contributed by atoms with Crippen molar-refractivity contribution < 1.29 is 9.53 Å². The standard InChI is InChI=1S/C25H30ClN3O2/c1-4-7-23(30)22-13-12-20(14-24(22)31-21(5-2)6-3)27-15-18-16-28-29-25(18)17-8-10-19(26)11-9-17/h8-14,16,21,27H,4-7,15H2,1-3H3,(H,28,29). The molecule has 0 unspecified atom stereocenters. The fraction of sp³-hybridized carbons (Fsp3) is 0.360. The smallest absolute Gasteiger partial charge is 0.166 e. The fourth-order valence-electron chi connectivity index (χ4n) is 3.46. The molecule has 5 nitrogen and oxygen atoms in total. The van der Waals surface area contributed by atoms with Gasteiger partial charge >= 0.3 is 0 Å². The molecule has 164 valence electrons. The molecule has 1 heterocycles. The van der Waals surface area contributed by atoms with Crippen LogP contribution in [-0.4, -0.2) is 22.1 Å². The third-order valence-electron chi connectivity index (χ3n) is 5.28. The summed E-state index contributed by atoms with van der Waals surface area (Å²) in [6, 6.07) is 13.4. The van der Waals surface area contributed by atoms with E-state index in [-0.39, 0.29) is 11.9 Å². The minimum atomic E-state index is 0.0915. The Labute approximate surface area is 189 Å². The number of anilines is 1. The highest BCUT2D eigenvalue weighted by Gasteiger charge is 2.16. The van der Waals surface area contributed by atoms with Gasteiger partial charge in [0, 0.05) is 47.1 Å². The Hall–Kier alpha value is -2.79. The second-order valence-corrected chi connectivity index (χ2v) is 8.00. The van der Waals surface area contributed by atoms with Gasteiger partial charge in [0.2, 0.25) is 0 Å². The Kier molecular flexibility index (Phi) is 8.13. The molecule has 0 amide bonds. The second-order valence-electron chi connectivity index (χ2n) is 7.56. The number of nitrogens with one attached hydrogen (secondary N) is 2. The molecule has 1 aromatic heterocycles. The maximum Gasteiger partial charge on any atom is 0.166 e. The summed E-state index contributed by atoms with van der Waals surface area (Å²) in [7, 11) is 0. The largest absolute Gasteiger partial charge is 0.490 e. The number of benzene rings is 2. The van der Waals surface area contributed by atoms with Crippen LogP contribution in [0.3, 0.4) is 0 Å². The van der Waals surface area contributed by atoms with Crippen molar-refractivity contribution >= 4 is 23.1 Å². The molecule has 0 fully saturated rings. The number of aromatic amines is 1. The number of rotatable bonds is 11. The molecule has 0 atom stereocenters. The van der Waals surface area contributed by atoms with Crippen molar-refractivity contribution in [3.05, 3.63) is 64.8 Å². The van der Waals surface area contributed by atoms with Crippen LogP contribution in [0.5, 0.6) is 5.75 Å². The van der Waals surface area contributed by atoms with Crippen molar-refractivity contribution in [1.29, 1.82) is 0 Å². The molecule has 2 N–H and O–H groups in total. The van der Waals surface area contributed by atoms with Crippen LogP contribution in [0.1, 0.15) is 62.4 Å². The molecule has 3 aromatic rings. The van der Waals surface area contributed by atoms with Gasteiger partial charge in [0.1, 0.15) is 5.75 Å². The van der Waals surface area contributed by atoms with E-state index in [1.54, 1.807) is 0 Å². The summed E-state index contributed by atoms with van der Waals surface area (Å²) in [5, 5.41) is 11.5. The Balaban J connectivity index is 1.80. The van der Waals surface area contributed by atoms with E-state index in [0.29, 0.717) is 29.3 Å². The van der Waals surface area contributed by atoms with E-state index in [4.69, 9.17) is 16.3 Å². The molecular weight excluding hydrogens is 410 g/mol. The molecule has 31 heavy (non-hydrogen) atoms. The van der Waals surface area contributed by atoms with Crippen LogP contribution in [0.15, 0.2) is 48.7 Å². The van der Waals surface area contributed by atoms with E-state index in [2.05, 4.69) is 29.4 Å². The summed E-state index contributed by atoms with van der Waals surface area (Å²) in [5.74, 6) is 0.775. The molecule has 0 radical (unpaired) electrons. The predicted octanol–water partition coefficient (Wildman–Crippen LogP) is 6.89. The molecular formula is C25H30ClN3O2. The van der Waals surface area contributed by atoms with Crippen molar-refractivity contribution in [2.75, 3.05) is 5.32 Å². The third kappa shape index (κ3) is 5.88. The van der Waals surface area contributed by atoms with Crippen LogP contribution >= 0.6 is 11.6 Å². The van der Waals surface area contributed by atoms with Gasteiger partial charge in [-0.1, -0.05) is 44.5 Å². The number of aromatic nitrogens is 2. The molecule has 0 aliphatic rings. The Morgan fingerprint density at radius 1 is 1.13 bits per heavy atom. The molecule has 6 heteroatoms. The van der Waals surface area contributed by atoms with Gasteiger partial charge in [0.25, 0.3) is 0 Å². The zero-order chi connectivity index (χ0) is 22.2. The van der Waals surface area contributed by atoms with Crippen molar-refractivity contribution in [2.45, 2.75) is 59.1 Å². The number of ketones is 1. The number of Topliss-reactive ketones (excluding diaryl/α,β-unsaturated/α-hetero) is 1. The lowest BCUT2D eigenvalue weighted by Crippen LogP contribution is -2.16. The monoisotopic (exact) mass is 439 g/mol. The molecule has 0 bridgehead atoms. The van der Waals surface area contributed by atoms with E-state index in [0.717, 1.165) is 41.8 Å². The van der Waals surface area contributed by atoms with Crippen molar-refractivity contribution in [3.8, 4) is 17.0 Å². The van der Waals surface area contributed by atoms with Crippen molar-refractivity contribution in [1.82, 2.24) is 10.2 Å². The van der Waals surface area contributed by atoms with Crippen molar-refractivity contribution in [3.63, 3.8) is 0 Å². The highest BCUT2D eigenvalue weighted by Crippen LogP contribution is 2.29. The number of hydrogen-bond acceptors (Lipinski definition) is 4. The summed E-state index contributed by atoms with van der Waals surface area (Å²) in [4.78, 5) is 12.6. The average molecular weight is 440 g/mol. The van der Waals surface area contributed by atoms with Gasteiger partial charge in [-0.2, -0.15) is 5.10 Å². The Bertz CT molecular complexity index is 994. The van der Waals surface area contributed by atoms with Crippen LogP contribution in [-0.2, 0) is 6.54 Å². The fourth-order valence-corrected chi connectivity index (χ4v) is 3.59. The van der Waals surface area contributed by atoms with Crippen LogP contribution in [0.4, 0.5) is 5.69 Å². The SMILES string of the molecule is CCCC(=O)c1ccc(NCc2c[nH]nc2-c2ccc(Cl)cc2)cc1OC(CC)CC. The van der Waals surface area contributed by atoms with Gasteiger partial charge in [-0.25, -0.2) is 0 Å². The first-order valence-corrected chi connectivity index (χ1v) is 11.3. The lowest BCUT2D eigenvalue weighted by molar-refractivity contribution is 0.0973. The highest BCUT2D eigenvalue weighted by molar-refractivity contribution is 6.30. The van der Waals surface area contributed by atoms with Crippen LogP contribution in [0, 0.1) is 0 Å². The third-order valence-corrected chi connectivity index (χ3v) is 5.54. The summed E-state index contributed by atoms with van der Waals surface area (Å²) >= 11 is 6.00. The van der Waals surface area contributed by atoms with Gasteiger partial charge in [0.05, 0.1) is 17.4 Å². The zero-order valence-electron chi connectivity index (χ0n) is 18.4. The zero-order valence-corrected chi connectivity index (χ0v) is 19.1. The number of hydrogen-bond donors (Lipinski definition) is 2. The minimum absolute atomic E-state index is 0.0915. The van der Waals surface area contributed by atoms with Crippen LogP contribution in [0.25, 0.3) is 11.3 Å². The molecule has 2 aromatic carbocycles.